The molecular weight excluding hydrogens is 586 g/mol. The Morgan fingerprint density at radius 2 is 1.04 bits per heavy atom. The number of guanidine groups is 3. The van der Waals surface area contributed by atoms with E-state index in [4.69, 9.17) is 40.1 Å². The highest BCUT2D eigenvalue weighted by Crippen LogP contribution is 2.08. The van der Waals surface area contributed by atoms with E-state index in [1.165, 1.54) is 0 Å². The number of carboxylic acids is 1. The summed E-state index contributed by atoms with van der Waals surface area (Å²) in [6, 6.07) is 4.28. The Hall–Kier alpha value is -5.13. The molecule has 18 heteroatoms. The van der Waals surface area contributed by atoms with E-state index in [0.717, 1.165) is 0 Å². The average molecular weight is 634 g/mol. The number of carbonyl (C=O) groups is 4. The van der Waals surface area contributed by atoms with Crippen molar-refractivity contribution < 1.29 is 24.3 Å². The molecule has 0 radical (unpaired) electrons. The van der Waals surface area contributed by atoms with Crippen LogP contribution in [0.25, 0.3) is 0 Å². The summed E-state index contributed by atoms with van der Waals surface area (Å²) < 4.78 is 0. The Bertz CT molecular complexity index is 1180. The zero-order valence-electron chi connectivity index (χ0n) is 25.2. The minimum atomic E-state index is -1.27. The number of rotatable bonds is 21. The van der Waals surface area contributed by atoms with Crippen LogP contribution in [0, 0.1) is 0 Å². The van der Waals surface area contributed by atoms with Crippen molar-refractivity contribution in [3.63, 3.8) is 0 Å². The van der Waals surface area contributed by atoms with Crippen LogP contribution in [0.15, 0.2) is 45.3 Å². The van der Waals surface area contributed by atoms with Crippen molar-refractivity contribution in [3.05, 3.63) is 35.9 Å². The van der Waals surface area contributed by atoms with Gasteiger partial charge >= 0.3 is 5.97 Å². The number of nitrogens with zero attached hydrogens (tertiary/aromatic N) is 3. The SMILES string of the molecule is NC(N)=NCCCC(N)C(=O)NC(CCCN=C(N)N)C(=O)NC(Cc1ccccc1)C(=O)NC(CCCN=C(N)N)C(=O)O. The number of nitrogens with two attached hydrogens (primary N) is 7. The fraction of sp³-hybridized carbons (Fsp3) is 0.519. The summed E-state index contributed by atoms with van der Waals surface area (Å²) in [5.74, 6) is -3.63. The lowest BCUT2D eigenvalue weighted by Crippen LogP contribution is -2.57. The molecule has 3 amide bonds. The second kappa shape index (κ2) is 20.7. The standard InChI is InChI=1S/C27H47N13O5/c28-17(9-4-12-35-25(29)30)21(41)38-18(10-5-13-36-26(31)32)22(42)40-20(15-16-7-2-1-3-8-16)23(43)39-19(24(44)45)11-6-14-37-27(33)34/h1-3,7-8,17-20H,4-6,9-15,28H2,(H,38,41)(H,39,43)(H,40,42)(H,44,45)(H4,29,30,35)(H4,31,32,36)(H4,33,34,37). The normalized spacial score (nSPS) is 13.2. The molecule has 0 saturated heterocycles. The van der Waals surface area contributed by atoms with Crippen molar-refractivity contribution >= 4 is 41.6 Å². The zero-order chi connectivity index (χ0) is 33.8. The van der Waals surface area contributed by atoms with Gasteiger partial charge in [-0.05, 0) is 44.1 Å². The summed E-state index contributed by atoms with van der Waals surface area (Å²) >= 11 is 0. The molecular formula is C27H47N13O5. The van der Waals surface area contributed by atoms with Gasteiger partial charge in [0, 0.05) is 26.1 Å². The molecule has 0 aliphatic rings. The van der Waals surface area contributed by atoms with Gasteiger partial charge in [0.2, 0.25) is 17.7 Å². The van der Waals surface area contributed by atoms with Crippen molar-refractivity contribution in [3.8, 4) is 0 Å². The molecule has 18 N–H and O–H groups in total. The third-order valence-electron chi connectivity index (χ3n) is 6.36. The summed E-state index contributed by atoms with van der Waals surface area (Å²) in [6.45, 7) is 0.623. The van der Waals surface area contributed by atoms with Gasteiger partial charge in [-0.2, -0.15) is 0 Å². The highest BCUT2D eigenvalue weighted by Gasteiger charge is 2.30. The average Bonchev–Trinajstić information content (AvgIpc) is 2.97. The highest BCUT2D eigenvalue weighted by atomic mass is 16.4. The molecule has 1 aromatic rings. The second-order valence-corrected chi connectivity index (χ2v) is 10.2. The van der Waals surface area contributed by atoms with Crippen LogP contribution in [0.5, 0.6) is 0 Å². The van der Waals surface area contributed by atoms with Crippen LogP contribution in [0.1, 0.15) is 44.1 Å². The van der Waals surface area contributed by atoms with Crippen molar-refractivity contribution in [1.29, 1.82) is 0 Å². The quantitative estimate of drug-likeness (QED) is 0.0353. The molecule has 0 aliphatic carbocycles. The van der Waals surface area contributed by atoms with Gasteiger partial charge in [-0.3, -0.25) is 29.4 Å². The first kappa shape index (κ1) is 37.9. The van der Waals surface area contributed by atoms with Crippen molar-refractivity contribution in [2.24, 2.45) is 55.1 Å². The minimum Gasteiger partial charge on any atom is -0.480 e. The lowest BCUT2D eigenvalue weighted by molar-refractivity contribution is -0.142. The summed E-state index contributed by atoms with van der Waals surface area (Å²) in [5, 5.41) is 17.5. The largest absolute Gasteiger partial charge is 0.480 e. The Kier molecular flexibility index (Phi) is 17.4. The van der Waals surface area contributed by atoms with Crippen molar-refractivity contribution in [2.45, 2.75) is 69.1 Å². The number of hydrogen-bond acceptors (Lipinski definition) is 8. The maximum Gasteiger partial charge on any atom is 0.326 e. The van der Waals surface area contributed by atoms with Gasteiger partial charge < -0.3 is 61.2 Å². The lowest BCUT2D eigenvalue weighted by Gasteiger charge is -2.25. The fourth-order valence-corrected chi connectivity index (χ4v) is 4.07. The van der Waals surface area contributed by atoms with Gasteiger partial charge in [-0.1, -0.05) is 30.3 Å². The fourth-order valence-electron chi connectivity index (χ4n) is 4.07. The van der Waals surface area contributed by atoms with E-state index in [2.05, 4.69) is 30.9 Å². The third kappa shape index (κ3) is 16.9. The van der Waals surface area contributed by atoms with E-state index in [-0.39, 0.29) is 69.6 Å². The lowest BCUT2D eigenvalue weighted by atomic mass is 10.0. The number of carbonyl (C=O) groups excluding carboxylic acids is 3. The number of carboxylic acid groups (broad SMARTS) is 1. The van der Waals surface area contributed by atoms with Crippen LogP contribution in [-0.4, -0.2) is 90.5 Å². The van der Waals surface area contributed by atoms with Crippen molar-refractivity contribution in [2.75, 3.05) is 19.6 Å². The molecule has 1 rings (SSSR count). The van der Waals surface area contributed by atoms with E-state index in [9.17, 15) is 24.3 Å². The zero-order valence-corrected chi connectivity index (χ0v) is 25.2. The summed E-state index contributed by atoms with van der Waals surface area (Å²) in [6.07, 6.45) is 1.43. The van der Waals surface area contributed by atoms with Gasteiger partial charge in [0.05, 0.1) is 6.04 Å². The number of amides is 3. The van der Waals surface area contributed by atoms with Gasteiger partial charge in [-0.25, -0.2) is 4.79 Å². The predicted molar refractivity (Wildman–Crippen MR) is 171 cm³/mol. The summed E-state index contributed by atoms with van der Waals surface area (Å²) in [7, 11) is 0. The number of nitrogens with one attached hydrogen (secondary N) is 3. The molecule has 45 heavy (non-hydrogen) atoms. The Morgan fingerprint density at radius 1 is 0.622 bits per heavy atom. The molecule has 18 nitrogen and oxygen atoms in total. The molecule has 4 atom stereocenters. The first-order chi connectivity index (χ1) is 21.3. The maximum atomic E-state index is 13.5. The Morgan fingerprint density at radius 3 is 1.53 bits per heavy atom. The predicted octanol–water partition coefficient (Wildman–Crippen LogP) is -3.74. The van der Waals surface area contributed by atoms with Crippen molar-refractivity contribution in [1.82, 2.24) is 16.0 Å². The molecule has 4 unspecified atom stereocenters. The van der Waals surface area contributed by atoms with E-state index in [0.29, 0.717) is 18.4 Å². The van der Waals surface area contributed by atoms with Crippen LogP contribution < -0.4 is 56.1 Å². The number of benzene rings is 1. The number of hydrogen-bond donors (Lipinski definition) is 11. The van der Waals surface area contributed by atoms with Gasteiger partial charge in [0.25, 0.3) is 0 Å². The third-order valence-corrected chi connectivity index (χ3v) is 6.36. The number of aliphatic carboxylic acids is 1. The topological polar surface area (TPSA) is 344 Å². The van der Waals surface area contributed by atoms with Gasteiger partial charge in [-0.15, -0.1) is 0 Å². The molecule has 0 aliphatic heterocycles. The van der Waals surface area contributed by atoms with Crippen LogP contribution >= 0.6 is 0 Å². The van der Waals surface area contributed by atoms with Crippen LogP contribution in [0.2, 0.25) is 0 Å². The molecule has 250 valence electrons. The van der Waals surface area contributed by atoms with Crippen LogP contribution in [0.4, 0.5) is 0 Å². The van der Waals surface area contributed by atoms with Crippen LogP contribution in [0.3, 0.4) is 0 Å². The van der Waals surface area contributed by atoms with E-state index < -0.39 is 47.9 Å². The van der Waals surface area contributed by atoms with Crippen LogP contribution in [-0.2, 0) is 25.6 Å². The number of aliphatic imine (C=N–C) groups is 3. The molecule has 0 aromatic heterocycles. The Balaban J connectivity index is 3.12. The van der Waals surface area contributed by atoms with Gasteiger partial charge in [0.1, 0.15) is 18.1 Å². The maximum absolute atomic E-state index is 13.5. The summed E-state index contributed by atoms with van der Waals surface area (Å²) in [5.41, 5.74) is 38.7. The Labute approximate surface area is 261 Å². The molecule has 0 fully saturated rings. The molecule has 0 saturated carbocycles. The summed E-state index contributed by atoms with van der Waals surface area (Å²) in [4.78, 5) is 63.3. The van der Waals surface area contributed by atoms with E-state index >= 15 is 0 Å². The second-order valence-electron chi connectivity index (χ2n) is 10.2. The molecule has 0 spiro atoms. The molecule has 0 bridgehead atoms. The smallest absolute Gasteiger partial charge is 0.326 e. The first-order valence-corrected chi connectivity index (χ1v) is 14.4. The van der Waals surface area contributed by atoms with E-state index in [1.807, 2.05) is 0 Å². The van der Waals surface area contributed by atoms with Gasteiger partial charge in [0.15, 0.2) is 17.9 Å². The highest BCUT2D eigenvalue weighted by molar-refractivity contribution is 5.94. The molecule has 0 heterocycles. The first-order valence-electron chi connectivity index (χ1n) is 14.4. The minimum absolute atomic E-state index is 0.0361. The van der Waals surface area contributed by atoms with E-state index in [1.54, 1.807) is 30.3 Å². The molecule has 1 aromatic carbocycles. The monoisotopic (exact) mass is 633 g/mol.